The van der Waals surface area contributed by atoms with Crippen LogP contribution in [0.15, 0.2) is 82.8 Å². The number of nitrogens with zero attached hydrogens (tertiary/aromatic N) is 1. The summed E-state index contributed by atoms with van der Waals surface area (Å²) in [6, 6.07) is 19.2. The maximum absolute atomic E-state index is 12.7. The standard InChI is InChI=1S/C22H22N4O4S/c1-15(16-6-8-18(23)9-7-16)24-25-22(27)17-4-3-5-21(14-17)31(28,29)26-19-10-12-20(30-2)13-11-19/h3-14,26H,23H2,1-2H3,(H,25,27)/b24-15+. The Morgan fingerprint density at radius 1 is 0.968 bits per heavy atom. The number of anilines is 2. The van der Waals surface area contributed by atoms with E-state index < -0.39 is 15.9 Å². The molecule has 0 aliphatic rings. The van der Waals surface area contributed by atoms with Crippen LogP contribution in [0.1, 0.15) is 22.8 Å². The molecule has 0 aromatic heterocycles. The fourth-order valence-electron chi connectivity index (χ4n) is 2.67. The van der Waals surface area contributed by atoms with Crippen LogP contribution >= 0.6 is 0 Å². The van der Waals surface area contributed by atoms with E-state index in [0.29, 0.717) is 22.8 Å². The van der Waals surface area contributed by atoms with Crippen molar-refractivity contribution in [1.29, 1.82) is 0 Å². The number of methoxy groups -OCH3 is 1. The highest BCUT2D eigenvalue weighted by Crippen LogP contribution is 2.20. The van der Waals surface area contributed by atoms with Crippen LogP contribution in [0.25, 0.3) is 0 Å². The van der Waals surface area contributed by atoms with Crippen molar-refractivity contribution in [2.45, 2.75) is 11.8 Å². The van der Waals surface area contributed by atoms with Gasteiger partial charge in [0.15, 0.2) is 0 Å². The van der Waals surface area contributed by atoms with E-state index in [0.717, 1.165) is 5.56 Å². The third-order valence-electron chi connectivity index (χ3n) is 4.40. The van der Waals surface area contributed by atoms with Crippen LogP contribution in [0.4, 0.5) is 11.4 Å². The molecule has 3 aromatic carbocycles. The lowest BCUT2D eigenvalue weighted by atomic mass is 10.1. The minimum absolute atomic E-state index is 0.0461. The Hall–Kier alpha value is -3.85. The van der Waals surface area contributed by atoms with Crippen molar-refractivity contribution >= 4 is 33.0 Å². The second-order valence-electron chi connectivity index (χ2n) is 6.62. The number of benzene rings is 3. The van der Waals surface area contributed by atoms with Crippen LogP contribution in [0.2, 0.25) is 0 Å². The van der Waals surface area contributed by atoms with Gasteiger partial charge in [-0.25, -0.2) is 13.8 Å². The smallest absolute Gasteiger partial charge is 0.271 e. The van der Waals surface area contributed by atoms with Crippen molar-refractivity contribution in [3.8, 4) is 5.75 Å². The lowest BCUT2D eigenvalue weighted by molar-refractivity contribution is 0.0954. The number of carbonyl (C=O) groups is 1. The Kier molecular flexibility index (Phi) is 6.56. The second kappa shape index (κ2) is 9.31. The van der Waals surface area contributed by atoms with E-state index in [1.807, 2.05) is 0 Å². The zero-order valence-electron chi connectivity index (χ0n) is 17.0. The van der Waals surface area contributed by atoms with Crippen LogP contribution < -0.4 is 20.6 Å². The molecule has 0 saturated carbocycles. The first-order valence-corrected chi connectivity index (χ1v) is 10.7. The fourth-order valence-corrected chi connectivity index (χ4v) is 3.77. The minimum Gasteiger partial charge on any atom is -0.497 e. The predicted molar refractivity (Wildman–Crippen MR) is 121 cm³/mol. The first-order chi connectivity index (χ1) is 14.8. The molecule has 0 spiro atoms. The van der Waals surface area contributed by atoms with Gasteiger partial charge in [0.05, 0.1) is 17.7 Å². The molecule has 31 heavy (non-hydrogen) atoms. The molecule has 8 nitrogen and oxygen atoms in total. The van der Waals surface area contributed by atoms with Gasteiger partial charge in [0.1, 0.15) is 5.75 Å². The molecular formula is C22H22N4O4S. The molecule has 0 atom stereocenters. The Labute approximate surface area is 180 Å². The van der Waals surface area contributed by atoms with Gasteiger partial charge in [-0.2, -0.15) is 5.10 Å². The first-order valence-electron chi connectivity index (χ1n) is 9.26. The van der Waals surface area contributed by atoms with Crippen LogP contribution in [-0.2, 0) is 10.0 Å². The van der Waals surface area contributed by atoms with E-state index in [9.17, 15) is 13.2 Å². The number of nitrogens with two attached hydrogens (primary N) is 1. The number of sulfonamides is 1. The van der Waals surface area contributed by atoms with Crippen molar-refractivity contribution in [2.24, 2.45) is 5.10 Å². The van der Waals surface area contributed by atoms with Gasteiger partial charge < -0.3 is 10.5 Å². The number of rotatable bonds is 7. The molecule has 0 heterocycles. The fraction of sp³-hybridized carbons (Fsp3) is 0.0909. The van der Waals surface area contributed by atoms with E-state index in [1.165, 1.54) is 31.4 Å². The number of amides is 1. The summed E-state index contributed by atoms with van der Waals surface area (Å²) < 4.78 is 32.9. The van der Waals surface area contributed by atoms with Crippen molar-refractivity contribution in [2.75, 3.05) is 17.6 Å². The SMILES string of the molecule is COc1ccc(NS(=O)(=O)c2cccc(C(=O)N/N=C(\C)c3ccc(N)cc3)c2)cc1. The summed E-state index contributed by atoms with van der Waals surface area (Å²) in [5, 5.41) is 4.08. The van der Waals surface area contributed by atoms with Gasteiger partial charge in [-0.05, 0) is 67.1 Å². The van der Waals surface area contributed by atoms with Gasteiger partial charge in [-0.15, -0.1) is 0 Å². The number of ether oxygens (including phenoxy) is 1. The predicted octanol–water partition coefficient (Wildman–Crippen LogP) is 3.23. The van der Waals surface area contributed by atoms with Crippen molar-refractivity contribution in [3.63, 3.8) is 0 Å². The summed E-state index contributed by atoms with van der Waals surface area (Å²) >= 11 is 0. The number of carbonyl (C=O) groups excluding carboxylic acids is 1. The van der Waals surface area contributed by atoms with E-state index >= 15 is 0 Å². The van der Waals surface area contributed by atoms with Crippen LogP contribution in [-0.4, -0.2) is 27.1 Å². The number of hydrazone groups is 1. The highest BCUT2D eigenvalue weighted by Gasteiger charge is 2.16. The van der Waals surface area contributed by atoms with Crippen molar-refractivity contribution in [1.82, 2.24) is 5.43 Å². The molecule has 0 aliphatic carbocycles. The van der Waals surface area contributed by atoms with E-state index in [1.54, 1.807) is 55.5 Å². The summed E-state index contributed by atoms with van der Waals surface area (Å²) in [5.74, 6) is 0.0766. The zero-order valence-corrected chi connectivity index (χ0v) is 17.8. The molecule has 0 unspecified atom stereocenters. The molecular weight excluding hydrogens is 416 g/mol. The molecule has 0 saturated heterocycles. The average molecular weight is 439 g/mol. The summed E-state index contributed by atoms with van der Waals surface area (Å²) in [7, 11) is -2.36. The van der Waals surface area contributed by atoms with Gasteiger partial charge in [0.25, 0.3) is 15.9 Å². The van der Waals surface area contributed by atoms with Gasteiger partial charge >= 0.3 is 0 Å². The summed E-state index contributed by atoms with van der Waals surface area (Å²) in [6.45, 7) is 1.74. The van der Waals surface area contributed by atoms with Crippen LogP contribution in [0, 0.1) is 0 Å². The number of nitrogens with one attached hydrogen (secondary N) is 2. The van der Waals surface area contributed by atoms with E-state index in [2.05, 4.69) is 15.2 Å². The van der Waals surface area contributed by atoms with Crippen molar-refractivity contribution in [3.05, 3.63) is 83.9 Å². The topological polar surface area (TPSA) is 123 Å². The Morgan fingerprint density at radius 2 is 1.65 bits per heavy atom. The number of nitrogen functional groups attached to an aromatic ring is 1. The second-order valence-corrected chi connectivity index (χ2v) is 8.30. The molecule has 3 rings (SSSR count). The summed E-state index contributed by atoms with van der Waals surface area (Å²) in [4.78, 5) is 12.4. The van der Waals surface area contributed by atoms with Gasteiger partial charge in [0.2, 0.25) is 0 Å². The third kappa shape index (κ3) is 5.61. The summed E-state index contributed by atoms with van der Waals surface area (Å²) in [5.41, 5.74) is 10.7. The highest BCUT2D eigenvalue weighted by atomic mass is 32.2. The van der Waals surface area contributed by atoms with Gasteiger partial charge in [-0.1, -0.05) is 18.2 Å². The lowest BCUT2D eigenvalue weighted by Crippen LogP contribution is -2.20. The molecule has 3 aromatic rings. The maximum atomic E-state index is 12.7. The number of hydrogen-bond acceptors (Lipinski definition) is 6. The first kappa shape index (κ1) is 21.8. The normalized spacial score (nSPS) is 11.6. The molecule has 4 N–H and O–H groups in total. The Balaban J connectivity index is 1.74. The van der Waals surface area contributed by atoms with Crippen LogP contribution in [0.3, 0.4) is 0 Å². The average Bonchev–Trinajstić information content (AvgIpc) is 2.78. The summed E-state index contributed by atoms with van der Waals surface area (Å²) in [6.07, 6.45) is 0. The Bertz CT molecular complexity index is 1210. The van der Waals surface area contributed by atoms with Gasteiger partial charge in [-0.3, -0.25) is 9.52 Å². The molecule has 0 bridgehead atoms. The molecule has 0 aliphatic heterocycles. The molecule has 160 valence electrons. The molecule has 0 fully saturated rings. The van der Waals surface area contributed by atoms with E-state index in [4.69, 9.17) is 10.5 Å². The largest absolute Gasteiger partial charge is 0.497 e. The molecule has 0 radical (unpaired) electrons. The van der Waals surface area contributed by atoms with Crippen molar-refractivity contribution < 1.29 is 17.9 Å². The number of hydrogen-bond donors (Lipinski definition) is 3. The molecule has 1 amide bonds. The maximum Gasteiger partial charge on any atom is 0.271 e. The minimum atomic E-state index is -3.89. The Morgan fingerprint density at radius 3 is 2.29 bits per heavy atom. The quantitative estimate of drug-likeness (QED) is 0.297. The zero-order chi connectivity index (χ0) is 22.4. The monoisotopic (exact) mass is 438 g/mol. The third-order valence-corrected chi connectivity index (χ3v) is 5.78. The lowest BCUT2D eigenvalue weighted by Gasteiger charge is -2.10. The van der Waals surface area contributed by atoms with Crippen LogP contribution in [0.5, 0.6) is 5.75 Å². The molecule has 9 heteroatoms. The van der Waals surface area contributed by atoms with Gasteiger partial charge in [0, 0.05) is 16.9 Å². The van der Waals surface area contributed by atoms with E-state index in [-0.39, 0.29) is 10.5 Å². The highest BCUT2D eigenvalue weighted by molar-refractivity contribution is 7.92.